The molecule has 1 atom stereocenters. The number of carbonyl (C=O) groups excluding carboxylic acids is 1. The van der Waals surface area contributed by atoms with Gasteiger partial charge in [0.1, 0.15) is 12.0 Å². The van der Waals surface area contributed by atoms with Gasteiger partial charge in [0.15, 0.2) is 0 Å². The van der Waals surface area contributed by atoms with Gasteiger partial charge in [-0.2, -0.15) is 5.10 Å². The summed E-state index contributed by atoms with van der Waals surface area (Å²) in [5.74, 6) is 0.0211. The third-order valence-corrected chi connectivity index (χ3v) is 5.01. The first-order chi connectivity index (χ1) is 13.0. The molecular weight excluding hydrogens is 366 g/mol. The van der Waals surface area contributed by atoms with Crippen molar-refractivity contribution in [2.24, 2.45) is 5.92 Å². The lowest BCUT2D eigenvalue weighted by atomic mass is 10.0. The van der Waals surface area contributed by atoms with Gasteiger partial charge in [-0.1, -0.05) is 19.9 Å². The summed E-state index contributed by atoms with van der Waals surface area (Å²) in [5, 5.41) is 20.2. The highest BCUT2D eigenvalue weighted by molar-refractivity contribution is 7.13. The fourth-order valence-corrected chi connectivity index (χ4v) is 3.21. The molecule has 0 bridgehead atoms. The summed E-state index contributed by atoms with van der Waals surface area (Å²) in [6.07, 6.45) is 1.72. The van der Waals surface area contributed by atoms with E-state index in [9.17, 15) is 9.59 Å². The van der Waals surface area contributed by atoms with Gasteiger partial charge in [0, 0.05) is 12.5 Å². The van der Waals surface area contributed by atoms with E-state index >= 15 is 0 Å². The minimum Gasteiger partial charge on any atom is -0.351 e. The van der Waals surface area contributed by atoms with Crippen LogP contribution in [-0.4, -0.2) is 41.9 Å². The van der Waals surface area contributed by atoms with Gasteiger partial charge in [-0.15, -0.1) is 16.4 Å². The summed E-state index contributed by atoms with van der Waals surface area (Å²) in [6, 6.07) is 6.93. The number of nitrogens with one attached hydrogen (secondary N) is 1. The van der Waals surface area contributed by atoms with E-state index in [1.54, 1.807) is 17.4 Å². The van der Waals surface area contributed by atoms with Crippen LogP contribution in [0.25, 0.3) is 10.6 Å². The molecule has 3 aromatic rings. The minimum atomic E-state index is -0.213. The highest BCUT2D eigenvalue weighted by Gasteiger charge is 2.18. The largest absolute Gasteiger partial charge is 0.351 e. The SMILES string of the molecule is CC(C)[C@@H](Cn1nc(-c2cccs2)ccc1=O)NC(=O)CCn1cnnn1. The normalized spacial score (nSPS) is 12.3. The molecule has 0 spiro atoms. The lowest BCUT2D eigenvalue weighted by Gasteiger charge is -2.23. The van der Waals surface area contributed by atoms with Crippen LogP contribution in [0.3, 0.4) is 0 Å². The highest BCUT2D eigenvalue weighted by Crippen LogP contribution is 2.21. The summed E-state index contributed by atoms with van der Waals surface area (Å²) in [7, 11) is 0. The number of rotatable bonds is 8. The Bertz CT molecular complexity index is 919. The molecule has 1 N–H and O–H groups in total. The molecule has 3 heterocycles. The topological polar surface area (TPSA) is 108 Å². The van der Waals surface area contributed by atoms with E-state index in [1.165, 1.54) is 21.8 Å². The van der Waals surface area contributed by atoms with Crippen LogP contribution < -0.4 is 10.9 Å². The van der Waals surface area contributed by atoms with Gasteiger partial charge in [0.05, 0.1) is 24.0 Å². The average molecular weight is 387 g/mol. The first-order valence-corrected chi connectivity index (χ1v) is 9.53. The fourth-order valence-electron chi connectivity index (χ4n) is 2.52. The van der Waals surface area contributed by atoms with Crippen LogP contribution >= 0.6 is 11.3 Å². The van der Waals surface area contributed by atoms with Crippen molar-refractivity contribution >= 4 is 17.2 Å². The predicted molar refractivity (Wildman–Crippen MR) is 101 cm³/mol. The average Bonchev–Trinajstić information content (AvgIpc) is 3.35. The molecule has 0 aliphatic heterocycles. The number of thiophene rings is 1. The van der Waals surface area contributed by atoms with Gasteiger partial charge in [-0.25, -0.2) is 9.36 Å². The first kappa shape index (κ1) is 18.9. The minimum absolute atomic E-state index is 0.119. The third kappa shape index (κ3) is 5.07. The first-order valence-electron chi connectivity index (χ1n) is 8.65. The molecule has 0 radical (unpaired) electrons. The Balaban J connectivity index is 1.68. The number of aryl methyl sites for hydroxylation is 1. The number of hydrogen-bond donors (Lipinski definition) is 1. The summed E-state index contributed by atoms with van der Waals surface area (Å²) < 4.78 is 2.92. The number of tetrazole rings is 1. The van der Waals surface area contributed by atoms with E-state index < -0.39 is 0 Å². The summed E-state index contributed by atoms with van der Waals surface area (Å²) in [6.45, 7) is 4.71. The van der Waals surface area contributed by atoms with Crippen molar-refractivity contribution in [2.75, 3.05) is 0 Å². The predicted octanol–water partition coefficient (Wildman–Crippen LogP) is 1.19. The molecule has 1 amide bonds. The molecule has 0 saturated heterocycles. The van der Waals surface area contributed by atoms with Crippen LogP contribution in [0.4, 0.5) is 0 Å². The zero-order chi connectivity index (χ0) is 19.2. The Hall–Kier alpha value is -2.88. The quantitative estimate of drug-likeness (QED) is 0.622. The number of aromatic nitrogens is 6. The van der Waals surface area contributed by atoms with Crippen molar-refractivity contribution in [3.8, 4) is 10.6 Å². The van der Waals surface area contributed by atoms with E-state index in [4.69, 9.17) is 0 Å². The van der Waals surface area contributed by atoms with E-state index in [1.807, 2.05) is 31.4 Å². The Labute approximate surface area is 160 Å². The van der Waals surface area contributed by atoms with Gasteiger partial charge in [0.25, 0.3) is 5.56 Å². The number of nitrogens with zero attached hydrogens (tertiary/aromatic N) is 6. The van der Waals surface area contributed by atoms with Gasteiger partial charge in [-0.05, 0) is 33.9 Å². The monoisotopic (exact) mass is 387 g/mol. The lowest BCUT2D eigenvalue weighted by molar-refractivity contribution is -0.122. The maximum Gasteiger partial charge on any atom is 0.266 e. The van der Waals surface area contributed by atoms with Crippen molar-refractivity contribution < 1.29 is 4.79 Å². The standard InChI is InChI=1S/C17H21N7O2S/c1-12(2)14(19-16(25)7-8-23-11-18-21-22-23)10-24-17(26)6-5-13(20-24)15-4-3-9-27-15/h3-6,9,11-12,14H,7-8,10H2,1-2H3,(H,19,25)/t14-/m1/s1. The smallest absolute Gasteiger partial charge is 0.266 e. The summed E-state index contributed by atoms with van der Waals surface area (Å²) >= 11 is 1.57. The van der Waals surface area contributed by atoms with Crippen molar-refractivity contribution in [3.63, 3.8) is 0 Å². The molecular formula is C17H21N7O2S. The maximum absolute atomic E-state index is 12.3. The molecule has 10 heteroatoms. The number of carbonyl (C=O) groups is 1. The lowest BCUT2D eigenvalue weighted by Crippen LogP contribution is -2.44. The molecule has 0 aliphatic carbocycles. The van der Waals surface area contributed by atoms with Crippen molar-refractivity contribution in [2.45, 2.75) is 39.4 Å². The zero-order valence-corrected chi connectivity index (χ0v) is 16.0. The summed E-state index contributed by atoms with van der Waals surface area (Å²) in [4.78, 5) is 25.5. The van der Waals surface area contributed by atoms with Crippen molar-refractivity contribution in [3.05, 3.63) is 46.3 Å². The molecule has 0 unspecified atom stereocenters. The third-order valence-electron chi connectivity index (χ3n) is 4.12. The van der Waals surface area contributed by atoms with Crippen LogP contribution in [-0.2, 0) is 17.9 Å². The van der Waals surface area contributed by atoms with Crippen molar-refractivity contribution in [1.82, 2.24) is 35.3 Å². The molecule has 3 aromatic heterocycles. The molecule has 3 rings (SSSR count). The van der Waals surface area contributed by atoms with E-state index in [2.05, 4.69) is 25.9 Å². The maximum atomic E-state index is 12.3. The van der Waals surface area contributed by atoms with Crippen LogP contribution in [0.15, 0.2) is 40.8 Å². The summed E-state index contributed by atoms with van der Waals surface area (Å²) in [5.41, 5.74) is 0.556. The van der Waals surface area contributed by atoms with Gasteiger partial charge >= 0.3 is 0 Å². The molecule has 142 valence electrons. The van der Waals surface area contributed by atoms with Crippen LogP contribution in [0.1, 0.15) is 20.3 Å². The second kappa shape index (κ2) is 8.67. The molecule has 9 nitrogen and oxygen atoms in total. The molecule has 0 saturated carbocycles. The molecule has 0 aliphatic rings. The van der Waals surface area contributed by atoms with Crippen LogP contribution in [0.2, 0.25) is 0 Å². The second-order valence-electron chi connectivity index (χ2n) is 6.46. The van der Waals surface area contributed by atoms with E-state index in [0.717, 1.165) is 10.6 Å². The van der Waals surface area contributed by atoms with Crippen molar-refractivity contribution in [1.29, 1.82) is 0 Å². The van der Waals surface area contributed by atoms with Gasteiger partial charge in [0.2, 0.25) is 5.91 Å². The Morgan fingerprint density at radius 1 is 1.30 bits per heavy atom. The Morgan fingerprint density at radius 3 is 2.81 bits per heavy atom. The Morgan fingerprint density at radius 2 is 2.15 bits per heavy atom. The Kier molecular flexibility index (Phi) is 6.07. The zero-order valence-electron chi connectivity index (χ0n) is 15.1. The molecule has 0 aromatic carbocycles. The number of amides is 1. The van der Waals surface area contributed by atoms with E-state index in [0.29, 0.717) is 13.1 Å². The molecule has 27 heavy (non-hydrogen) atoms. The number of hydrogen-bond acceptors (Lipinski definition) is 7. The van der Waals surface area contributed by atoms with Crippen LogP contribution in [0.5, 0.6) is 0 Å². The molecule has 0 fully saturated rings. The fraction of sp³-hybridized carbons (Fsp3) is 0.412. The van der Waals surface area contributed by atoms with Crippen LogP contribution in [0, 0.1) is 5.92 Å². The van der Waals surface area contributed by atoms with Gasteiger partial charge < -0.3 is 5.32 Å². The second-order valence-corrected chi connectivity index (χ2v) is 7.40. The van der Waals surface area contributed by atoms with E-state index in [-0.39, 0.29) is 29.8 Å². The van der Waals surface area contributed by atoms with Gasteiger partial charge in [-0.3, -0.25) is 9.59 Å². The highest BCUT2D eigenvalue weighted by atomic mass is 32.1.